The zero-order valence-electron chi connectivity index (χ0n) is 36.9. The molecule has 0 saturated carbocycles. The van der Waals surface area contributed by atoms with E-state index in [1.54, 1.807) is 13.2 Å². The van der Waals surface area contributed by atoms with Crippen molar-refractivity contribution in [3.63, 3.8) is 0 Å². The van der Waals surface area contributed by atoms with Crippen LogP contribution >= 0.6 is 0 Å². The maximum absolute atomic E-state index is 12.1. The molecule has 2 aromatic rings. The smallest absolute Gasteiger partial charge is 0.303 e. The average Bonchev–Trinajstić information content (AvgIpc) is 3.37. The minimum Gasteiger partial charge on any atom is -0.744 e. The van der Waals surface area contributed by atoms with Crippen molar-refractivity contribution in [2.75, 3.05) is 71.3 Å². The van der Waals surface area contributed by atoms with Crippen molar-refractivity contribution in [2.45, 2.75) is 96.9 Å². The van der Waals surface area contributed by atoms with Gasteiger partial charge in [-0.25, -0.2) is 8.42 Å². The number of rotatable bonds is 21. The normalized spacial score (nSPS) is 17.7. The molecule has 1 N–H and O–H groups in total. The molecule has 0 spiro atoms. The van der Waals surface area contributed by atoms with Crippen molar-refractivity contribution < 1.29 is 51.1 Å². The molecule has 5 rings (SSSR count). The second-order valence-electron chi connectivity index (χ2n) is 17.7. The van der Waals surface area contributed by atoms with Crippen molar-refractivity contribution >= 4 is 44.3 Å². The van der Waals surface area contributed by atoms with Gasteiger partial charge in [0.2, 0.25) is 5.69 Å². The summed E-state index contributed by atoms with van der Waals surface area (Å²) in [6, 6.07) is 8.95. The number of benzene rings is 2. The molecule has 0 atom stereocenters. The number of carboxylic acids is 1. The molecule has 0 amide bonds. The van der Waals surface area contributed by atoms with Gasteiger partial charge in [0.1, 0.15) is 28.2 Å². The molecular weight excluding hydrogens is 785 g/mol. The molecule has 0 unspecified atom stereocenters. The number of unbranched alkanes of at least 4 members (excludes halogenated alkanes) is 2. The lowest BCUT2D eigenvalue weighted by atomic mass is 9.81. The summed E-state index contributed by atoms with van der Waals surface area (Å²) in [5.74, 6) is 0.795. The maximum Gasteiger partial charge on any atom is 0.303 e. The monoisotopic (exact) mass is 848 g/mol. The Morgan fingerprint density at radius 1 is 0.933 bits per heavy atom. The summed E-state index contributed by atoms with van der Waals surface area (Å²) in [5.41, 5.74) is 6.70. The van der Waals surface area contributed by atoms with E-state index in [1.807, 2.05) is 19.9 Å². The van der Waals surface area contributed by atoms with Gasteiger partial charge in [-0.2, -0.15) is 4.58 Å². The van der Waals surface area contributed by atoms with E-state index in [9.17, 15) is 17.8 Å². The first-order chi connectivity index (χ1) is 28.3. The first-order valence-corrected chi connectivity index (χ1v) is 22.3. The molecule has 0 aromatic heterocycles. The third-order valence-electron chi connectivity index (χ3n) is 11.2. The molecule has 3 aliphatic rings. The number of ether oxygens (including phenoxy) is 5. The van der Waals surface area contributed by atoms with Crippen LogP contribution in [0.3, 0.4) is 0 Å². The van der Waals surface area contributed by atoms with Crippen LogP contribution in [0.15, 0.2) is 71.4 Å². The summed E-state index contributed by atoms with van der Waals surface area (Å²) in [6.45, 7) is 21.9. The van der Waals surface area contributed by atoms with Crippen molar-refractivity contribution in [1.82, 2.24) is 0 Å². The van der Waals surface area contributed by atoms with Crippen molar-refractivity contribution in [3.05, 3.63) is 83.2 Å². The first kappa shape index (κ1) is 46.9. The number of nitrogens with zero attached hydrogens (tertiary/aromatic N) is 2. The number of aliphatic carboxylic acids is 1. The summed E-state index contributed by atoms with van der Waals surface area (Å²) in [7, 11) is -3.01. The summed E-state index contributed by atoms with van der Waals surface area (Å²) in [6.07, 6.45) is 12.7. The molecule has 3 aliphatic heterocycles. The standard InChI is InChI=1S/C47H64N2O10S/c1-33-32-46(5,6)49(20-21-56-24-25-58-27-26-57-23-22-55-9)40-31-41-37(30-36(33)40)34(28-43(59-41)45(2,3)4)14-13-15-42-47(7,8)38-29-35(60(52,53)54)17-18-39(38)48(42)19-12-10-11-16-44(50)51/h13-15,17-18,28-32H,10-12,16,19-27H2,1-9H3,(H-,50,51,52,53,54). The van der Waals surface area contributed by atoms with Gasteiger partial charge in [-0.05, 0) is 82.9 Å². The van der Waals surface area contributed by atoms with Gasteiger partial charge in [-0.1, -0.05) is 39.0 Å². The predicted molar refractivity (Wildman–Crippen MR) is 234 cm³/mol. The number of carbonyl (C=O) groups is 1. The molecule has 12 nitrogen and oxygen atoms in total. The van der Waals surface area contributed by atoms with Gasteiger partial charge in [-0.3, -0.25) is 4.79 Å². The van der Waals surface area contributed by atoms with Crippen LogP contribution in [-0.4, -0.2) is 106 Å². The zero-order chi connectivity index (χ0) is 43.9. The Balaban J connectivity index is 1.43. The highest BCUT2D eigenvalue weighted by atomic mass is 32.2. The lowest BCUT2D eigenvalue weighted by Crippen LogP contribution is -2.47. The Morgan fingerprint density at radius 2 is 1.60 bits per heavy atom. The molecule has 60 heavy (non-hydrogen) atoms. The minimum atomic E-state index is -4.66. The van der Waals surface area contributed by atoms with Gasteiger partial charge in [0, 0.05) is 72.5 Å². The molecule has 328 valence electrons. The van der Waals surface area contributed by atoms with E-state index in [0.29, 0.717) is 65.8 Å². The number of hydrogen-bond donors (Lipinski definition) is 1. The summed E-state index contributed by atoms with van der Waals surface area (Å²) < 4.78 is 67.2. The van der Waals surface area contributed by atoms with Crippen molar-refractivity contribution in [2.24, 2.45) is 5.41 Å². The van der Waals surface area contributed by atoms with Gasteiger partial charge in [-0.15, -0.1) is 0 Å². The highest BCUT2D eigenvalue weighted by Gasteiger charge is 2.44. The number of carboxylic acid groups (broad SMARTS) is 1. The molecule has 0 fully saturated rings. The highest BCUT2D eigenvalue weighted by molar-refractivity contribution is 7.85. The summed E-state index contributed by atoms with van der Waals surface area (Å²) in [4.78, 5) is 13.2. The van der Waals surface area contributed by atoms with Crippen LogP contribution < -0.4 is 9.64 Å². The molecule has 2 aromatic carbocycles. The van der Waals surface area contributed by atoms with E-state index in [1.165, 1.54) is 17.7 Å². The number of fused-ring (bicyclic) bond motifs is 3. The van der Waals surface area contributed by atoms with E-state index in [2.05, 4.69) is 87.5 Å². The van der Waals surface area contributed by atoms with Gasteiger partial charge >= 0.3 is 5.97 Å². The summed E-state index contributed by atoms with van der Waals surface area (Å²) in [5, 5.41) is 9.14. The van der Waals surface area contributed by atoms with E-state index in [-0.39, 0.29) is 22.3 Å². The van der Waals surface area contributed by atoms with Crippen LogP contribution in [0.5, 0.6) is 5.75 Å². The number of methoxy groups -OCH3 is 1. The van der Waals surface area contributed by atoms with Crippen molar-refractivity contribution in [1.29, 1.82) is 0 Å². The van der Waals surface area contributed by atoms with Crippen LogP contribution in [0, 0.1) is 5.41 Å². The number of hydrogen-bond acceptors (Lipinski definition) is 10. The lowest BCUT2D eigenvalue weighted by Gasteiger charge is -2.44. The largest absolute Gasteiger partial charge is 0.744 e. The van der Waals surface area contributed by atoms with Gasteiger partial charge in [0.15, 0.2) is 5.71 Å². The molecule has 0 radical (unpaired) electrons. The van der Waals surface area contributed by atoms with E-state index >= 15 is 0 Å². The van der Waals surface area contributed by atoms with Gasteiger partial charge in [0.05, 0.1) is 62.1 Å². The minimum absolute atomic E-state index is 0.109. The van der Waals surface area contributed by atoms with Crippen LogP contribution in [0.1, 0.15) is 97.8 Å². The SMILES string of the molecule is COCCOCCOCCOCCN1c2cc3c(cc2C(C)=CC1(C)C)C(=CC=CC1=[N+](CCCCCC(=O)O)c2ccc(S(=O)(=O)[O-])cc2C1(C)C)C=C(C(C)(C)C)O3. The van der Waals surface area contributed by atoms with E-state index in [4.69, 9.17) is 28.8 Å². The average molecular weight is 849 g/mol. The Morgan fingerprint density at radius 3 is 2.23 bits per heavy atom. The third-order valence-corrected chi connectivity index (χ3v) is 12.1. The molecule has 0 bridgehead atoms. The van der Waals surface area contributed by atoms with E-state index < -0.39 is 21.5 Å². The Bertz CT molecular complexity index is 2160. The van der Waals surface area contributed by atoms with Crippen molar-refractivity contribution in [3.8, 4) is 5.75 Å². The fourth-order valence-corrected chi connectivity index (χ4v) is 8.55. The molecular formula is C47H64N2O10S. The molecule has 13 heteroatoms. The van der Waals surface area contributed by atoms with Gasteiger partial charge < -0.3 is 38.2 Å². The van der Waals surface area contributed by atoms with Crippen LogP contribution in [-0.2, 0) is 39.3 Å². The fraction of sp³-hybridized carbons (Fsp3) is 0.532. The Labute approximate surface area is 357 Å². The fourth-order valence-electron chi connectivity index (χ4n) is 8.05. The Kier molecular flexibility index (Phi) is 15.4. The number of allylic oxidation sites excluding steroid dienone is 7. The van der Waals surface area contributed by atoms with Gasteiger partial charge in [0.25, 0.3) is 0 Å². The van der Waals surface area contributed by atoms with Crippen LogP contribution in [0.2, 0.25) is 0 Å². The third kappa shape index (κ3) is 11.4. The Hall–Kier alpha value is -4.11. The molecule has 0 saturated heterocycles. The second-order valence-corrected chi connectivity index (χ2v) is 19.0. The topological polar surface area (TPSA) is 147 Å². The lowest BCUT2D eigenvalue weighted by molar-refractivity contribution is -0.438. The van der Waals surface area contributed by atoms with Crippen LogP contribution in [0.4, 0.5) is 11.4 Å². The molecule has 3 heterocycles. The quantitative estimate of drug-likeness (QED) is 0.0736. The second kappa shape index (κ2) is 19.7. The maximum atomic E-state index is 12.1. The van der Waals surface area contributed by atoms with Crippen LogP contribution in [0.25, 0.3) is 11.1 Å². The zero-order valence-corrected chi connectivity index (χ0v) is 37.7. The van der Waals surface area contributed by atoms with E-state index in [0.717, 1.165) is 63.7 Å². The predicted octanol–water partition coefficient (Wildman–Crippen LogP) is 8.27. The molecule has 0 aliphatic carbocycles. The first-order valence-electron chi connectivity index (χ1n) is 20.9. The summed E-state index contributed by atoms with van der Waals surface area (Å²) >= 11 is 0. The highest BCUT2D eigenvalue weighted by Crippen LogP contribution is 2.47. The number of anilines is 1.